The van der Waals surface area contributed by atoms with Gasteiger partial charge < -0.3 is 10.1 Å². The average molecular weight is 416 g/mol. The molecule has 1 amide bonds. The van der Waals surface area contributed by atoms with E-state index in [4.69, 9.17) is 16.3 Å². The van der Waals surface area contributed by atoms with Crippen LogP contribution in [0.3, 0.4) is 0 Å². The molecular formula is C21H19ClFN3O3. The minimum atomic E-state index is -0.560. The van der Waals surface area contributed by atoms with Gasteiger partial charge >= 0.3 is 5.97 Å². The van der Waals surface area contributed by atoms with Crippen molar-refractivity contribution in [3.8, 4) is 5.69 Å². The van der Waals surface area contributed by atoms with Gasteiger partial charge in [-0.15, -0.1) is 0 Å². The molecule has 0 unspecified atom stereocenters. The molecule has 0 saturated carbocycles. The molecule has 0 saturated heterocycles. The molecule has 0 aliphatic carbocycles. The van der Waals surface area contributed by atoms with Crippen molar-refractivity contribution in [3.05, 3.63) is 82.9 Å². The Labute approximate surface area is 172 Å². The molecular weight excluding hydrogens is 397 g/mol. The number of carbonyl (C=O) groups excluding carboxylic acids is 2. The Hall–Kier alpha value is -3.19. The molecule has 6 nitrogen and oxygen atoms in total. The number of para-hydroxylation sites is 1. The monoisotopic (exact) mass is 415 g/mol. The van der Waals surface area contributed by atoms with Crippen molar-refractivity contribution in [2.45, 2.75) is 12.8 Å². The zero-order valence-electron chi connectivity index (χ0n) is 15.5. The zero-order valence-corrected chi connectivity index (χ0v) is 16.2. The lowest BCUT2D eigenvalue weighted by Crippen LogP contribution is -2.27. The Morgan fingerprint density at radius 3 is 2.69 bits per heavy atom. The number of hydrogen-bond acceptors (Lipinski definition) is 4. The van der Waals surface area contributed by atoms with Crippen LogP contribution in [0.1, 0.15) is 22.3 Å². The van der Waals surface area contributed by atoms with Crippen molar-refractivity contribution in [1.82, 2.24) is 15.1 Å². The largest absolute Gasteiger partial charge is 0.462 e. The van der Waals surface area contributed by atoms with Crippen molar-refractivity contribution in [2.24, 2.45) is 0 Å². The van der Waals surface area contributed by atoms with Crippen molar-refractivity contribution < 1.29 is 18.7 Å². The van der Waals surface area contributed by atoms with Gasteiger partial charge in [-0.25, -0.2) is 13.9 Å². The Morgan fingerprint density at radius 2 is 1.90 bits per heavy atom. The van der Waals surface area contributed by atoms with Gasteiger partial charge in [-0.1, -0.05) is 41.9 Å². The zero-order chi connectivity index (χ0) is 20.6. The van der Waals surface area contributed by atoms with Gasteiger partial charge in [0.25, 0.3) is 0 Å². The maximum Gasteiger partial charge on any atom is 0.341 e. The second-order valence-electron chi connectivity index (χ2n) is 6.23. The lowest BCUT2D eigenvalue weighted by molar-refractivity contribution is -0.120. The summed E-state index contributed by atoms with van der Waals surface area (Å²) in [6.07, 6.45) is 3.38. The highest BCUT2D eigenvalue weighted by molar-refractivity contribution is 6.31. The molecule has 0 spiro atoms. The van der Waals surface area contributed by atoms with E-state index in [2.05, 4.69) is 10.4 Å². The van der Waals surface area contributed by atoms with Crippen LogP contribution in [0.5, 0.6) is 0 Å². The number of carbonyl (C=O) groups is 2. The minimum absolute atomic E-state index is 0.135. The van der Waals surface area contributed by atoms with E-state index in [9.17, 15) is 14.0 Å². The van der Waals surface area contributed by atoms with E-state index >= 15 is 0 Å². The third-order valence-corrected chi connectivity index (χ3v) is 4.47. The van der Waals surface area contributed by atoms with Crippen LogP contribution in [0.2, 0.25) is 5.02 Å². The number of rotatable bonds is 8. The van der Waals surface area contributed by atoms with Crippen LogP contribution in [0.25, 0.3) is 5.69 Å². The molecule has 2 aromatic carbocycles. The molecule has 150 valence electrons. The molecule has 1 N–H and O–H groups in total. The van der Waals surface area contributed by atoms with Gasteiger partial charge in [-0.3, -0.25) is 4.79 Å². The lowest BCUT2D eigenvalue weighted by Gasteiger charge is -2.07. The summed E-state index contributed by atoms with van der Waals surface area (Å²) in [4.78, 5) is 24.0. The van der Waals surface area contributed by atoms with E-state index in [1.165, 1.54) is 23.1 Å². The molecule has 0 radical (unpaired) electrons. The molecule has 1 aromatic heterocycles. The number of esters is 1. The SMILES string of the molecule is O=C(Cc1ccccc1Cl)NCCCOC(=O)c1cnn(-c2ccccc2F)c1. The first-order chi connectivity index (χ1) is 14.0. The maximum atomic E-state index is 13.8. The second-order valence-corrected chi connectivity index (χ2v) is 6.64. The van der Waals surface area contributed by atoms with Crippen molar-refractivity contribution in [1.29, 1.82) is 0 Å². The van der Waals surface area contributed by atoms with Gasteiger partial charge in [0.15, 0.2) is 0 Å². The maximum absolute atomic E-state index is 13.8. The molecule has 1 heterocycles. The number of halogens is 2. The van der Waals surface area contributed by atoms with E-state index in [0.717, 1.165) is 5.56 Å². The second kappa shape index (κ2) is 9.84. The molecule has 0 aliphatic heterocycles. The fourth-order valence-corrected chi connectivity index (χ4v) is 2.83. The van der Waals surface area contributed by atoms with Crippen molar-refractivity contribution in [2.75, 3.05) is 13.2 Å². The topological polar surface area (TPSA) is 73.2 Å². The van der Waals surface area contributed by atoms with Gasteiger partial charge in [-0.05, 0) is 30.2 Å². The van der Waals surface area contributed by atoms with Crippen LogP contribution in [-0.2, 0) is 16.0 Å². The number of aromatic nitrogens is 2. The summed E-state index contributed by atoms with van der Waals surface area (Å²) in [6.45, 7) is 0.501. The van der Waals surface area contributed by atoms with Crippen LogP contribution in [0.15, 0.2) is 60.9 Å². The Bertz CT molecular complexity index is 1010. The standard InChI is InChI=1S/C21H19ClFN3O3/c22-17-7-2-1-6-15(17)12-20(27)24-10-5-11-29-21(28)16-13-25-26(14-16)19-9-4-3-8-18(19)23/h1-4,6-9,13-14H,5,10-12H2,(H,24,27). The Balaban J connectivity index is 1.40. The summed E-state index contributed by atoms with van der Waals surface area (Å²) in [5.41, 5.74) is 1.22. The summed E-state index contributed by atoms with van der Waals surface area (Å²) in [6, 6.07) is 13.3. The molecule has 3 rings (SSSR count). The number of benzene rings is 2. The number of ether oxygens (including phenoxy) is 1. The van der Waals surface area contributed by atoms with Crippen LogP contribution in [-0.4, -0.2) is 34.8 Å². The summed E-state index contributed by atoms with van der Waals surface area (Å²) in [5, 5.41) is 7.30. The van der Waals surface area contributed by atoms with E-state index in [-0.39, 0.29) is 30.2 Å². The van der Waals surface area contributed by atoms with E-state index < -0.39 is 11.8 Å². The molecule has 29 heavy (non-hydrogen) atoms. The van der Waals surface area contributed by atoms with Crippen LogP contribution < -0.4 is 5.32 Å². The quantitative estimate of drug-likeness (QED) is 0.451. The molecule has 3 aromatic rings. The Morgan fingerprint density at radius 1 is 1.14 bits per heavy atom. The van der Waals surface area contributed by atoms with E-state index in [1.54, 1.807) is 36.4 Å². The molecule has 0 bridgehead atoms. The fraction of sp³-hybridized carbons (Fsp3) is 0.190. The van der Waals surface area contributed by atoms with Gasteiger partial charge in [0.1, 0.15) is 11.5 Å². The highest BCUT2D eigenvalue weighted by atomic mass is 35.5. The average Bonchev–Trinajstić information content (AvgIpc) is 3.20. The highest BCUT2D eigenvalue weighted by Gasteiger charge is 2.12. The Kier molecular flexibility index (Phi) is 6.97. The fourth-order valence-electron chi connectivity index (χ4n) is 2.62. The van der Waals surface area contributed by atoms with Crippen LogP contribution >= 0.6 is 11.6 Å². The number of nitrogens with zero attached hydrogens (tertiary/aromatic N) is 2. The normalized spacial score (nSPS) is 10.6. The predicted octanol–water partition coefficient (Wildman–Crippen LogP) is 3.57. The summed E-state index contributed by atoms with van der Waals surface area (Å²) in [5.74, 6) is -1.16. The molecule has 0 atom stereocenters. The smallest absolute Gasteiger partial charge is 0.341 e. The highest BCUT2D eigenvalue weighted by Crippen LogP contribution is 2.15. The van der Waals surface area contributed by atoms with E-state index in [0.29, 0.717) is 18.0 Å². The predicted molar refractivity (Wildman–Crippen MR) is 107 cm³/mol. The van der Waals surface area contributed by atoms with Gasteiger partial charge in [0.2, 0.25) is 5.91 Å². The van der Waals surface area contributed by atoms with Gasteiger partial charge in [-0.2, -0.15) is 5.10 Å². The van der Waals surface area contributed by atoms with Crippen molar-refractivity contribution in [3.63, 3.8) is 0 Å². The summed E-state index contributed by atoms with van der Waals surface area (Å²) >= 11 is 6.03. The first-order valence-corrected chi connectivity index (χ1v) is 9.39. The van der Waals surface area contributed by atoms with Crippen LogP contribution in [0.4, 0.5) is 4.39 Å². The third kappa shape index (κ3) is 5.65. The molecule has 0 fully saturated rings. The van der Waals surface area contributed by atoms with Gasteiger partial charge in [0, 0.05) is 17.8 Å². The van der Waals surface area contributed by atoms with Crippen LogP contribution in [0, 0.1) is 5.82 Å². The number of nitrogens with one attached hydrogen (secondary N) is 1. The summed E-state index contributed by atoms with van der Waals surface area (Å²) in [7, 11) is 0. The minimum Gasteiger partial charge on any atom is -0.462 e. The summed E-state index contributed by atoms with van der Waals surface area (Å²) < 4.78 is 20.2. The molecule has 8 heteroatoms. The molecule has 0 aliphatic rings. The lowest BCUT2D eigenvalue weighted by atomic mass is 10.1. The number of amides is 1. The third-order valence-electron chi connectivity index (χ3n) is 4.10. The number of hydrogen-bond donors (Lipinski definition) is 1. The van der Waals surface area contributed by atoms with E-state index in [1.807, 2.05) is 6.07 Å². The van der Waals surface area contributed by atoms with Crippen molar-refractivity contribution >= 4 is 23.5 Å². The first kappa shape index (κ1) is 20.5. The van der Waals surface area contributed by atoms with Gasteiger partial charge in [0.05, 0.1) is 24.8 Å². The first-order valence-electron chi connectivity index (χ1n) is 9.01.